The molecule has 2 rings (SSSR count). The Morgan fingerprint density at radius 1 is 1.29 bits per heavy atom. The lowest BCUT2D eigenvalue weighted by molar-refractivity contribution is -0.526. The van der Waals surface area contributed by atoms with Gasteiger partial charge in [0.15, 0.2) is 6.04 Å². The van der Waals surface area contributed by atoms with Gasteiger partial charge in [0.05, 0.1) is 11.3 Å². The molecule has 0 radical (unpaired) electrons. The molecule has 0 saturated carbocycles. The summed E-state index contributed by atoms with van der Waals surface area (Å²) in [6.45, 7) is 2.26. The molecular weight excluding hydrogens is 228 g/mol. The van der Waals surface area contributed by atoms with E-state index in [4.69, 9.17) is 0 Å². The lowest BCUT2D eigenvalue weighted by atomic mass is 10.2. The van der Waals surface area contributed by atoms with Crippen LogP contribution in [0.4, 0.5) is 5.69 Å². The van der Waals surface area contributed by atoms with Crippen molar-refractivity contribution in [1.82, 2.24) is 0 Å². The van der Waals surface area contributed by atoms with Gasteiger partial charge < -0.3 is 4.90 Å². The Bertz CT molecular complexity index is 420. The highest BCUT2D eigenvalue weighted by atomic mass is 32.2. The molecule has 0 fully saturated rings. The van der Waals surface area contributed by atoms with Crippen molar-refractivity contribution in [2.75, 3.05) is 31.8 Å². The summed E-state index contributed by atoms with van der Waals surface area (Å²) in [5.41, 5.74) is 2.60. The van der Waals surface area contributed by atoms with Crippen molar-refractivity contribution in [1.29, 1.82) is 0 Å². The van der Waals surface area contributed by atoms with Gasteiger partial charge in [0.25, 0.3) is 0 Å². The summed E-state index contributed by atoms with van der Waals surface area (Å²) in [6.07, 6.45) is 1.22. The van der Waals surface area contributed by atoms with Crippen molar-refractivity contribution in [2.24, 2.45) is 0 Å². The van der Waals surface area contributed by atoms with E-state index in [0.717, 1.165) is 0 Å². The second-order valence-electron chi connectivity index (χ2n) is 4.73. The van der Waals surface area contributed by atoms with Gasteiger partial charge in [-0.25, -0.2) is 4.58 Å². The maximum atomic E-state index is 2.43. The molecule has 1 unspecified atom stereocenters. The molecule has 1 heterocycles. The summed E-state index contributed by atoms with van der Waals surface area (Å²) in [5, 5.41) is 1.42. The number of hydrogen-bond donors (Lipinski definition) is 0. The number of benzene rings is 1. The van der Waals surface area contributed by atoms with Crippen LogP contribution in [0.15, 0.2) is 24.3 Å². The first-order valence-corrected chi connectivity index (χ1v) is 7.12. The zero-order valence-corrected chi connectivity index (χ0v) is 11.9. The van der Waals surface area contributed by atoms with E-state index >= 15 is 0 Å². The Morgan fingerprint density at radius 2 is 1.94 bits per heavy atom. The van der Waals surface area contributed by atoms with Crippen molar-refractivity contribution < 1.29 is 4.58 Å². The van der Waals surface area contributed by atoms with Gasteiger partial charge in [0.2, 0.25) is 5.04 Å². The Morgan fingerprint density at radius 3 is 2.41 bits per heavy atom. The monoisotopic (exact) mass is 249 g/mol. The van der Waals surface area contributed by atoms with E-state index in [1.165, 1.54) is 28.5 Å². The van der Waals surface area contributed by atoms with Crippen molar-refractivity contribution >= 4 is 22.5 Å². The third-order valence-corrected chi connectivity index (χ3v) is 4.73. The van der Waals surface area contributed by atoms with E-state index in [1.54, 1.807) is 0 Å². The predicted octanol–water partition coefficient (Wildman–Crippen LogP) is 2.67. The average molecular weight is 249 g/mol. The quantitative estimate of drug-likeness (QED) is 0.760. The molecule has 0 aliphatic carbocycles. The second kappa shape index (κ2) is 5.13. The van der Waals surface area contributed by atoms with Gasteiger partial charge in [-0.3, -0.25) is 0 Å². The van der Waals surface area contributed by atoms with Crippen molar-refractivity contribution in [3.8, 4) is 0 Å². The highest BCUT2D eigenvalue weighted by Crippen LogP contribution is 2.25. The third-order valence-electron chi connectivity index (χ3n) is 3.38. The molecule has 2 nitrogen and oxygen atoms in total. The second-order valence-corrected chi connectivity index (χ2v) is 5.74. The van der Waals surface area contributed by atoms with Gasteiger partial charge in [-0.15, -0.1) is 0 Å². The largest absolute Gasteiger partial charge is 0.378 e. The Hall–Kier alpha value is -0.960. The standard InChI is InChI=1S/C14H21N2S/c1-5-12-10-17-14(16(12)4)11-6-8-13(9-7-11)15(2)3/h6-9,12H,5,10H2,1-4H3/q+1. The number of rotatable bonds is 3. The van der Waals surface area contributed by atoms with E-state index < -0.39 is 0 Å². The van der Waals surface area contributed by atoms with Crippen LogP contribution in [0.3, 0.4) is 0 Å². The number of anilines is 1. The minimum absolute atomic E-state index is 0.698. The summed E-state index contributed by atoms with van der Waals surface area (Å²) in [4.78, 5) is 2.13. The van der Waals surface area contributed by atoms with Crippen LogP contribution in [0.2, 0.25) is 0 Å². The summed E-state index contributed by atoms with van der Waals surface area (Å²) in [6, 6.07) is 9.54. The number of thioether (sulfide) groups is 1. The minimum Gasteiger partial charge on any atom is -0.378 e. The first-order chi connectivity index (χ1) is 8.13. The van der Waals surface area contributed by atoms with Crippen molar-refractivity contribution in [3.63, 3.8) is 0 Å². The average Bonchev–Trinajstić information content (AvgIpc) is 2.70. The fourth-order valence-corrected chi connectivity index (χ4v) is 3.60. The normalized spacial score (nSPS) is 19.9. The Labute approximate surface area is 108 Å². The van der Waals surface area contributed by atoms with Gasteiger partial charge in [-0.05, 0) is 24.3 Å². The number of nitrogens with zero attached hydrogens (tertiary/aromatic N) is 2. The smallest absolute Gasteiger partial charge is 0.242 e. The molecule has 1 aromatic carbocycles. The maximum absolute atomic E-state index is 2.43. The van der Waals surface area contributed by atoms with Crippen LogP contribution in [0.5, 0.6) is 0 Å². The van der Waals surface area contributed by atoms with Crippen LogP contribution in [-0.4, -0.2) is 42.6 Å². The van der Waals surface area contributed by atoms with Crippen molar-refractivity contribution in [2.45, 2.75) is 19.4 Å². The Kier molecular flexibility index (Phi) is 3.77. The predicted molar refractivity (Wildman–Crippen MR) is 77.6 cm³/mol. The van der Waals surface area contributed by atoms with E-state index in [9.17, 15) is 0 Å². The molecule has 17 heavy (non-hydrogen) atoms. The highest BCUT2D eigenvalue weighted by Gasteiger charge is 2.30. The van der Waals surface area contributed by atoms with Crippen molar-refractivity contribution in [3.05, 3.63) is 29.8 Å². The molecule has 0 spiro atoms. The summed E-state index contributed by atoms with van der Waals surface area (Å²) in [5.74, 6) is 1.22. The van der Waals surface area contributed by atoms with E-state index in [-0.39, 0.29) is 0 Å². The molecule has 0 aromatic heterocycles. The molecule has 92 valence electrons. The van der Waals surface area contributed by atoms with Crippen LogP contribution in [0.1, 0.15) is 18.9 Å². The fourth-order valence-electron chi connectivity index (χ4n) is 2.14. The van der Waals surface area contributed by atoms with Gasteiger partial charge in [-0.1, -0.05) is 18.7 Å². The number of hydrogen-bond acceptors (Lipinski definition) is 2. The summed E-state index contributed by atoms with van der Waals surface area (Å²) >= 11 is 1.98. The molecule has 0 saturated heterocycles. The SMILES string of the molecule is CCC1CSC(c2ccc(N(C)C)cc2)=[N+]1C. The van der Waals surface area contributed by atoms with Crippen LogP contribution in [-0.2, 0) is 0 Å². The molecular formula is C14H21N2S+. The first kappa shape index (κ1) is 12.5. The minimum atomic E-state index is 0.698. The lowest BCUT2D eigenvalue weighted by Crippen LogP contribution is -2.21. The lowest BCUT2D eigenvalue weighted by Gasteiger charge is -2.12. The van der Waals surface area contributed by atoms with E-state index in [2.05, 4.69) is 61.8 Å². The van der Waals surface area contributed by atoms with Gasteiger partial charge in [0.1, 0.15) is 7.05 Å². The van der Waals surface area contributed by atoms with Crippen LogP contribution in [0.25, 0.3) is 0 Å². The Balaban J connectivity index is 2.26. The van der Waals surface area contributed by atoms with Crippen LogP contribution < -0.4 is 4.90 Å². The molecule has 0 amide bonds. The molecule has 3 heteroatoms. The zero-order chi connectivity index (χ0) is 12.4. The highest BCUT2D eigenvalue weighted by molar-refractivity contribution is 8.14. The van der Waals surface area contributed by atoms with Crippen LogP contribution >= 0.6 is 11.8 Å². The molecule has 1 aliphatic heterocycles. The molecule has 0 N–H and O–H groups in total. The summed E-state index contributed by atoms with van der Waals surface area (Å²) in [7, 11) is 6.36. The van der Waals surface area contributed by atoms with E-state index in [0.29, 0.717) is 6.04 Å². The summed E-state index contributed by atoms with van der Waals surface area (Å²) < 4.78 is 2.43. The van der Waals surface area contributed by atoms with Gasteiger partial charge >= 0.3 is 0 Å². The van der Waals surface area contributed by atoms with Gasteiger partial charge in [-0.2, -0.15) is 0 Å². The van der Waals surface area contributed by atoms with Gasteiger partial charge in [0, 0.05) is 26.2 Å². The maximum Gasteiger partial charge on any atom is 0.242 e. The molecule has 0 bridgehead atoms. The molecule has 1 aliphatic rings. The first-order valence-electron chi connectivity index (χ1n) is 6.13. The molecule has 1 aromatic rings. The third kappa shape index (κ3) is 2.49. The topological polar surface area (TPSA) is 6.25 Å². The zero-order valence-electron chi connectivity index (χ0n) is 11.1. The van der Waals surface area contributed by atoms with Crippen LogP contribution in [0, 0.1) is 0 Å². The fraction of sp³-hybridized carbons (Fsp3) is 0.500. The molecule has 1 atom stereocenters. The van der Waals surface area contributed by atoms with E-state index in [1.807, 2.05) is 11.8 Å².